The van der Waals surface area contributed by atoms with Gasteiger partial charge in [-0.05, 0) is 102 Å². The molecular weight excluding hydrogens is 883 g/mol. The Hall–Kier alpha value is -4.21. The third-order valence-corrected chi connectivity index (χ3v) is 10.2. The fraction of sp³-hybridized carbons (Fsp3) is 0.844. The van der Waals surface area contributed by atoms with Crippen molar-refractivity contribution in [2.45, 2.75) is 224 Å². The van der Waals surface area contributed by atoms with E-state index in [2.05, 4.69) is 32.5 Å². The summed E-state index contributed by atoms with van der Waals surface area (Å²) in [7, 11) is 0. The van der Waals surface area contributed by atoms with Crippen molar-refractivity contribution in [2.75, 3.05) is 13.1 Å². The highest BCUT2D eigenvalue weighted by atomic mass is 16.7. The van der Waals surface area contributed by atoms with Crippen molar-refractivity contribution in [1.82, 2.24) is 26.6 Å². The SMILES string of the molecule is C#CCCCC(=O)NC[C@H]1O[C@H](O[C@H]2[C@H](NC(=O)OC(C)(C)C)C[C@H](NC(=O)OC(C)(C)C)C(O[C@H]3O[C@H](CNC(=O)OC(C)(C)C)[C@@H](O)C[C@H]3C)[C@@H]2O)[C@H](O)[C@@H](NC(=O)OC(C)(C)C)[C@@H]1O. The van der Waals surface area contributed by atoms with Gasteiger partial charge >= 0.3 is 24.4 Å². The van der Waals surface area contributed by atoms with E-state index in [4.69, 9.17) is 44.3 Å². The first-order valence-electron chi connectivity index (χ1n) is 22.8. The van der Waals surface area contributed by atoms with Gasteiger partial charge in [0.05, 0.1) is 24.2 Å². The van der Waals surface area contributed by atoms with E-state index in [0.717, 1.165) is 0 Å². The van der Waals surface area contributed by atoms with Crippen LogP contribution in [0.1, 0.15) is 122 Å². The lowest BCUT2D eigenvalue weighted by Crippen LogP contribution is -2.70. The first-order valence-corrected chi connectivity index (χ1v) is 22.8. The van der Waals surface area contributed by atoms with Crippen molar-refractivity contribution < 1.29 is 82.3 Å². The molecule has 3 aliphatic rings. The Morgan fingerprint density at radius 2 is 1.04 bits per heavy atom. The zero-order valence-corrected chi connectivity index (χ0v) is 41.2. The highest BCUT2D eigenvalue weighted by Gasteiger charge is 2.54. The van der Waals surface area contributed by atoms with Crippen molar-refractivity contribution in [2.24, 2.45) is 5.92 Å². The molecule has 1 aliphatic carbocycles. The largest absolute Gasteiger partial charge is 0.444 e. The number of alkyl carbamates (subject to hydrolysis) is 4. The first-order chi connectivity index (χ1) is 30.8. The number of nitrogens with one attached hydrogen (secondary N) is 5. The Kier molecular flexibility index (Phi) is 20.4. The van der Waals surface area contributed by atoms with Gasteiger partial charge in [-0.3, -0.25) is 4.79 Å². The molecule has 0 aromatic rings. The summed E-state index contributed by atoms with van der Waals surface area (Å²) in [5.74, 6) is 1.50. The zero-order chi connectivity index (χ0) is 50.8. The zero-order valence-electron chi connectivity index (χ0n) is 41.2. The Morgan fingerprint density at radius 1 is 0.597 bits per heavy atom. The molecule has 2 heterocycles. The van der Waals surface area contributed by atoms with Crippen molar-refractivity contribution in [3.8, 4) is 12.3 Å². The quantitative estimate of drug-likeness (QED) is 0.0685. The smallest absolute Gasteiger partial charge is 0.408 e. The minimum Gasteiger partial charge on any atom is -0.444 e. The van der Waals surface area contributed by atoms with E-state index in [1.807, 2.05) is 0 Å². The maximum absolute atomic E-state index is 13.4. The minimum atomic E-state index is -1.88. The number of amides is 5. The van der Waals surface area contributed by atoms with Crippen LogP contribution in [0.5, 0.6) is 0 Å². The highest BCUT2D eigenvalue weighted by Crippen LogP contribution is 2.35. The second kappa shape index (κ2) is 23.9. The van der Waals surface area contributed by atoms with E-state index < -0.39 is 138 Å². The van der Waals surface area contributed by atoms with Crippen LogP contribution in [0.25, 0.3) is 0 Å². The van der Waals surface area contributed by atoms with Crippen molar-refractivity contribution >= 4 is 30.3 Å². The van der Waals surface area contributed by atoms with E-state index in [9.17, 15) is 44.4 Å². The van der Waals surface area contributed by atoms with Gasteiger partial charge in [-0.15, -0.1) is 12.3 Å². The molecule has 22 heteroatoms. The molecule has 67 heavy (non-hydrogen) atoms. The maximum Gasteiger partial charge on any atom is 0.408 e. The number of carbonyl (C=O) groups excluding carboxylic acids is 5. The van der Waals surface area contributed by atoms with Crippen LogP contribution in [0.3, 0.4) is 0 Å². The lowest BCUT2D eigenvalue weighted by Gasteiger charge is -2.49. The molecule has 9 N–H and O–H groups in total. The van der Waals surface area contributed by atoms with Gasteiger partial charge in [0.2, 0.25) is 5.91 Å². The summed E-state index contributed by atoms with van der Waals surface area (Å²) in [6.45, 7) is 21.0. The maximum atomic E-state index is 13.4. The van der Waals surface area contributed by atoms with E-state index in [0.29, 0.717) is 12.8 Å². The molecule has 0 bridgehead atoms. The van der Waals surface area contributed by atoms with Crippen molar-refractivity contribution in [3.63, 3.8) is 0 Å². The highest BCUT2D eigenvalue weighted by molar-refractivity contribution is 5.76. The lowest BCUT2D eigenvalue weighted by molar-refractivity contribution is -0.317. The summed E-state index contributed by atoms with van der Waals surface area (Å²) < 4.78 is 47.0. The molecule has 0 radical (unpaired) electrons. The molecule has 2 saturated heterocycles. The van der Waals surface area contributed by atoms with Crippen LogP contribution in [0, 0.1) is 18.3 Å². The van der Waals surface area contributed by atoms with Gasteiger partial charge in [-0.1, -0.05) is 6.92 Å². The molecule has 22 nitrogen and oxygen atoms in total. The number of aliphatic hydroxyl groups excluding tert-OH is 4. The van der Waals surface area contributed by atoms with E-state index >= 15 is 0 Å². The van der Waals surface area contributed by atoms with Crippen LogP contribution in [0.15, 0.2) is 0 Å². The Morgan fingerprint density at radius 3 is 1.54 bits per heavy atom. The lowest BCUT2D eigenvalue weighted by atomic mass is 9.83. The van der Waals surface area contributed by atoms with Gasteiger partial charge in [0.15, 0.2) is 12.6 Å². The predicted octanol–water partition coefficient (Wildman–Crippen LogP) is 2.20. The summed E-state index contributed by atoms with van der Waals surface area (Å²) in [6, 6.07) is -3.96. The van der Waals surface area contributed by atoms with Crippen LogP contribution >= 0.6 is 0 Å². The molecule has 3 fully saturated rings. The van der Waals surface area contributed by atoms with E-state index in [-0.39, 0.29) is 32.4 Å². The van der Waals surface area contributed by atoms with Gasteiger partial charge in [0.1, 0.15) is 65.1 Å². The number of unbranched alkanes of at least 4 members (excludes halogenated alkanes) is 1. The summed E-state index contributed by atoms with van der Waals surface area (Å²) in [6.07, 6.45) is -12.4. The second-order valence-corrected chi connectivity index (χ2v) is 21.2. The normalized spacial score (nSPS) is 31.5. The minimum absolute atomic E-state index is 0.0601. The number of terminal acetylenes is 1. The molecule has 5 amide bonds. The molecule has 0 aromatic heterocycles. The summed E-state index contributed by atoms with van der Waals surface area (Å²) in [5, 5.41) is 59.9. The number of rotatable bonds is 14. The topological polar surface area (TPSA) is 300 Å². The summed E-state index contributed by atoms with van der Waals surface area (Å²) in [5.41, 5.74) is -3.73. The van der Waals surface area contributed by atoms with Gasteiger partial charge in [-0.25, -0.2) is 19.2 Å². The second-order valence-electron chi connectivity index (χ2n) is 21.2. The van der Waals surface area contributed by atoms with Gasteiger partial charge in [-0.2, -0.15) is 0 Å². The number of carbonyl (C=O) groups is 5. The molecule has 0 spiro atoms. The predicted molar refractivity (Wildman–Crippen MR) is 239 cm³/mol. The van der Waals surface area contributed by atoms with Gasteiger partial charge < -0.3 is 84.9 Å². The molecule has 1 saturated carbocycles. The number of hydrogen-bond donors (Lipinski definition) is 9. The molecular formula is C45H77N5O17. The molecule has 384 valence electrons. The average Bonchev–Trinajstić information content (AvgIpc) is 3.14. The molecule has 0 aromatic carbocycles. The first kappa shape index (κ1) is 57.1. The van der Waals surface area contributed by atoms with Crippen LogP contribution in [-0.4, -0.2) is 166 Å². The van der Waals surface area contributed by atoms with Gasteiger partial charge in [0, 0.05) is 31.8 Å². The monoisotopic (exact) mass is 960 g/mol. The summed E-state index contributed by atoms with van der Waals surface area (Å²) in [4.78, 5) is 65.2. The molecule has 3 rings (SSSR count). The van der Waals surface area contributed by atoms with E-state index in [1.54, 1.807) is 90.0 Å². The molecule has 1 unspecified atom stereocenters. The van der Waals surface area contributed by atoms with Crippen molar-refractivity contribution in [1.29, 1.82) is 0 Å². The number of aliphatic hydroxyl groups is 4. The van der Waals surface area contributed by atoms with Crippen LogP contribution < -0.4 is 26.6 Å². The average molecular weight is 960 g/mol. The number of hydrogen-bond acceptors (Lipinski definition) is 17. The van der Waals surface area contributed by atoms with Crippen LogP contribution in [0.2, 0.25) is 0 Å². The third kappa shape index (κ3) is 19.4. The van der Waals surface area contributed by atoms with E-state index in [1.165, 1.54) is 0 Å². The number of ether oxygens (including phenoxy) is 8. The molecule has 2 aliphatic heterocycles. The fourth-order valence-electron chi connectivity index (χ4n) is 7.44. The Balaban J connectivity index is 2.07. The van der Waals surface area contributed by atoms with Gasteiger partial charge in [0.25, 0.3) is 0 Å². The van der Waals surface area contributed by atoms with Crippen LogP contribution in [0.4, 0.5) is 19.2 Å². The van der Waals surface area contributed by atoms with Crippen LogP contribution in [-0.2, 0) is 42.7 Å². The fourth-order valence-corrected chi connectivity index (χ4v) is 7.44. The Bertz CT molecular complexity index is 1700. The Labute approximate surface area is 393 Å². The van der Waals surface area contributed by atoms with Crippen molar-refractivity contribution in [3.05, 3.63) is 0 Å². The third-order valence-electron chi connectivity index (χ3n) is 10.2. The standard InChI is InChI=1S/C45H77N5O17/c1-15-16-17-18-29(52)46-22-28-31(53)30(50-41(59)67-45(12,13)14)32(54)37(61-28)63-35-25(49-40(58)66-44(9,10)11)20-24(48-39(57)65-43(6,7)8)34(33(35)55)62-36-23(2)19-26(51)27(60-36)21-47-38(56)64-42(3,4)5/h1,23-28,30-37,51,53-55H,16-22H2,2-14H3,(H,46,52)(H,47,56)(H,48,57)(H,49,58)(H,50,59)/t23-,24+,25-,26+,27-,28-,30+,31-,32-,33+,34?,35+,36-,37-/m1/s1. The molecule has 14 atom stereocenters. The summed E-state index contributed by atoms with van der Waals surface area (Å²) >= 11 is 0.